The summed E-state index contributed by atoms with van der Waals surface area (Å²) in [5, 5.41) is 19.3. The molecule has 2 N–H and O–H groups in total. The van der Waals surface area contributed by atoms with E-state index in [9.17, 15) is 19.8 Å². The van der Waals surface area contributed by atoms with Gasteiger partial charge in [0.1, 0.15) is 0 Å². The van der Waals surface area contributed by atoms with E-state index in [0.29, 0.717) is 22.3 Å². The van der Waals surface area contributed by atoms with Gasteiger partial charge in [-0.2, -0.15) is 0 Å². The van der Waals surface area contributed by atoms with E-state index >= 15 is 0 Å². The lowest BCUT2D eigenvalue weighted by Crippen LogP contribution is -2.08. The van der Waals surface area contributed by atoms with E-state index in [2.05, 4.69) is 0 Å². The zero-order chi connectivity index (χ0) is 22.5. The van der Waals surface area contributed by atoms with Crippen LogP contribution in [0.25, 0.3) is 22.3 Å². The molecule has 32 heavy (non-hydrogen) atoms. The van der Waals surface area contributed by atoms with Gasteiger partial charge in [-0.3, -0.25) is 9.78 Å². The molecule has 0 aliphatic carbocycles. The lowest BCUT2D eigenvalue weighted by molar-refractivity contribution is -0.0988. The summed E-state index contributed by atoms with van der Waals surface area (Å²) in [6.07, 6.45) is 0. The first-order valence-corrected chi connectivity index (χ1v) is 9.74. The molecule has 0 radical (unpaired) electrons. The fraction of sp³-hybridized carbons (Fsp3) is 0. The summed E-state index contributed by atoms with van der Waals surface area (Å²) in [7, 11) is 0. The molecule has 0 bridgehead atoms. The summed E-state index contributed by atoms with van der Waals surface area (Å²) in [5.74, 6) is -1.83. The maximum absolute atomic E-state index is 11.8. The maximum Gasteiger partial charge on any atom is 0.336 e. The Morgan fingerprint density at radius 1 is 0.500 bits per heavy atom. The standard InChI is InChI=1S/C26H18O6/c27-25(28)19-13-7-15-21(23(19)17-9-3-1-4-10-17)31-32-22-16-8-14-20(26(29)30)24(22)18-11-5-2-6-12-18/h1-16H,(H,27,28)(H,29,30). The molecule has 0 aliphatic heterocycles. The Hall–Kier alpha value is -4.58. The molecule has 0 heterocycles. The van der Waals surface area contributed by atoms with E-state index in [4.69, 9.17) is 9.78 Å². The van der Waals surface area contributed by atoms with Gasteiger partial charge >= 0.3 is 11.9 Å². The van der Waals surface area contributed by atoms with Crippen LogP contribution in [0, 0.1) is 0 Å². The van der Waals surface area contributed by atoms with Gasteiger partial charge in [0, 0.05) is 11.1 Å². The smallest absolute Gasteiger partial charge is 0.336 e. The molecule has 6 heteroatoms. The van der Waals surface area contributed by atoms with Crippen molar-refractivity contribution in [3.05, 3.63) is 108 Å². The van der Waals surface area contributed by atoms with E-state index in [-0.39, 0.29) is 22.6 Å². The van der Waals surface area contributed by atoms with Crippen molar-refractivity contribution in [3.8, 4) is 33.8 Å². The second kappa shape index (κ2) is 9.06. The Bertz CT molecular complexity index is 1170. The molecule has 4 aromatic rings. The van der Waals surface area contributed by atoms with Crippen LogP contribution in [-0.4, -0.2) is 22.2 Å². The number of rotatable bonds is 7. The topological polar surface area (TPSA) is 93.1 Å². The minimum absolute atomic E-state index is 0.0554. The van der Waals surface area contributed by atoms with Crippen molar-refractivity contribution in [1.82, 2.24) is 0 Å². The summed E-state index contributed by atoms with van der Waals surface area (Å²) < 4.78 is 0. The van der Waals surface area contributed by atoms with Crippen molar-refractivity contribution in [3.63, 3.8) is 0 Å². The quantitative estimate of drug-likeness (QED) is 0.287. The van der Waals surface area contributed by atoms with Gasteiger partial charge in [0.2, 0.25) is 0 Å². The van der Waals surface area contributed by atoms with Gasteiger partial charge < -0.3 is 10.2 Å². The van der Waals surface area contributed by atoms with Gasteiger partial charge in [0.15, 0.2) is 11.5 Å². The van der Waals surface area contributed by atoms with Crippen LogP contribution in [0.4, 0.5) is 0 Å². The van der Waals surface area contributed by atoms with Gasteiger partial charge in [-0.05, 0) is 35.4 Å². The van der Waals surface area contributed by atoms with Crippen LogP contribution < -0.4 is 9.78 Å². The van der Waals surface area contributed by atoms with Gasteiger partial charge in [-0.1, -0.05) is 72.8 Å². The van der Waals surface area contributed by atoms with Gasteiger partial charge in [0.05, 0.1) is 11.1 Å². The fourth-order valence-corrected chi connectivity index (χ4v) is 3.45. The first-order chi connectivity index (χ1) is 15.6. The van der Waals surface area contributed by atoms with Crippen LogP contribution in [0.1, 0.15) is 20.7 Å². The monoisotopic (exact) mass is 426 g/mol. The second-order valence-electron chi connectivity index (χ2n) is 6.87. The Kier molecular flexibility index (Phi) is 5.85. The van der Waals surface area contributed by atoms with E-state index < -0.39 is 11.9 Å². The number of aromatic carboxylic acids is 2. The van der Waals surface area contributed by atoms with Gasteiger partial charge in [-0.25, -0.2) is 9.59 Å². The van der Waals surface area contributed by atoms with E-state index in [0.717, 1.165) is 0 Å². The molecule has 4 rings (SSSR count). The Labute approximate surface area is 183 Å². The highest BCUT2D eigenvalue weighted by atomic mass is 17.2. The highest BCUT2D eigenvalue weighted by Crippen LogP contribution is 2.37. The van der Waals surface area contributed by atoms with Crippen molar-refractivity contribution < 1.29 is 29.6 Å². The molecule has 0 amide bonds. The van der Waals surface area contributed by atoms with E-state index in [1.54, 1.807) is 72.8 Å². The Morgan fingerprint density at radius 2 is 0.875 bits per heavy atom. The van der Waals surface area contributed by atoms with Crippen LogP contribution in [0.2, 0.25) is 0 Å². The molecular formula is C26H18O6. The van der Waals surface area contributed by atoms with Crippen molar-refractivity contribution in [1.29, 1.82) is 0 Å². The first-order valence-electron chi connectivity index (χ1n) is 9.74. The second-order valence-corrected chi connectivity index (χ2v) is 6.87. The summed E-state index contributed by atoms with van der Waals surface area (Å²) in [4.78, 5) is 34.9. The molecule has 158 valence electrons. The largest absolute Gasteiger partial charge is 0.478 e. The molecule has 0 atom stereocenters. The normalized spacial score (nSPS) is 10.4. The summed E-state index contributed by atoms with van der Waals surface area (Å²) >= 11 is 0. The number of carbonyl (C=O) groups is 2. The maximum atomic E-state index is 11.8. The third-order valence-corrected chi connectivity index (χ3v) is 4.86. The number of hydrogen-bond donors (Lipinski definition) is 2. The number of benzene rings is 4. The summed E-state index contributed by atoms with van der Waals surface area (Å²) in [5.41, 5.74) is 2.12. The molecule has 0 spiro atoms. The number of carboxylic acid groups (broad SMARTS) is 2. The van der Waals surface area contributed by atoms with Crippen LogP contribution in [0.3, 0.4) is 0 Å². The lowest BCUT2D eigenvalue weighted by Gasteiger charge is -2.16. The molecular weight excluding hydrogens is 408 g/mol. The van der Waals surface area contributed by atoms with Crippen LogP contribution in [0.5, 0.6) is 11.5 Å². The van der Waals surface area contributed by atoms with Crippen molar-refractivity contribution >= 4 is 11.9 Å². The average Bonchev–Trinajstić information content (AvgIpc) is 2.83. The number of carboxylic acids is 2. The molecule has 0 aliphatic rings. The van der Waals surface area contributed by atoms with Gasteiger partial charge in [0.25, 0.3) is 0 Å². The minimum Gasteiger partial charge on any atom is -0.478 e. The highest BCUT2D eigenvalue weighted by molar-refractivity contribution is 5.99. The number of hydrogen-bond acceptors (Lipinski definition) is 4. The SMILES string of the molecule is O=C(O)c1cccc(OOc2cccc(C(=O)O)c2-c2ccccc2)c1-c1ccccc1. The Balaban J connectivity index is 1.77. The zero-order valence-corrected chi connectivity index (χ0v) is 16.8. The summed E-state index contributed by atoms with van der Waals surface area (Å²) in [6.45, 7) is 0. The van der Waals surface area contributed by atoms with Crippen molar-refractivity contribution in [2.24, 2.45) is 0 Å². The highest BCUT2D eigenvalue weighted by Gasteiger charge is 2.21. The molecule has 4 aromatic carbocycles. The Morgan fingerprint density at radius 3 is 1.22 bits per heavy atom. The van der Waals surface area contributed by atoms with E-state index in [1.165, 1.54) is 12.1 Å². The molecule has 0 unspecified atom stereocenters. The van der Waals surface area contributed by atoms with Crippen LogP contribution in [-0.2, 0) is 0 Å². The fourth-order valence-electron chi connectivity index (χ4n) is 3.45. The molecule has 0 saturated heterocycles. The summed E-state index contributed by atoms with van der Waals surface area (Å²) in [6, 6.07) is 27.2. The third-order valence-electron chi connectivity index (χ3n) is 4.86. The molecule has 6 nitrogen and oxygen atoms in total. The average molecular weight is 426 g/mol. The van der Waals surface area contributed by atoms with Crippen LogP contribution in [0.15, 0.2) is 97.1 Å². The molecule has 0 fully saturated rings. The molecule has 0 saturated carbocycles. The molecule has 0 aromatic heterocycles. The first kappa shape index (κ1) is 20.7. The minimum atomic E-state index is -1.10. The van der Waals surface area contributed by atoms with Gasteiger partial charge in [-0.15, -0.1) is 0 Å². The van der Waals surface area contributed by atoms with Crippen molar-refractivity contribution in [2.75, 3.05) is 0 Å². The zero-order valence-electron chi connectivity index (χ0n) is 16.8. The van der Waals surface area contributed by atoms with Crippen molar-refractivity contribution in [2.45, 2.75) is 0 Å². The third kappa shape index (κ3) is 4.15. The predicted molar refractivity (Wildman–Crippen MR) is 119 cm³/mol. The van der Waals surface area contributed by atoms with E-state index in [1.807, 2.05) is 12.1 Å². The predicted octanol–water partition coefficient (Wildman–Crippen LogP) is 5.79. The van der Waals surface area contributed by atoms with Crippen LogP contribution >= 0.6 is 0 Å². The lowest BCUT2D eigenvalue weighted by atomic mass is 9.98.